The number of ether oxygens (including phenoxy) is 4. The van der Waals surface area contributed by atoms with E-state index in [1.807, 2.05) is 0 Å². The Morgan fingerprint density at radius 1 is 0.889 bits per heavy atom. The second-order valence-corrected chi connectivity index (χ2v) is 11.1. The van der Waals surface area contributed by atoms with Gasteiger partial charge in [-0.15, -0.1) is 0 Å². The van der Waals surface area contributed by atoms with Crippen LogP contribution >= 0.6 is 0 Å². The van der Waals surface area contributed by atoms with Crippen LogP contribution in [0.2, 0.25) is 0 Å². The molecule has 4 aliphatic carbocycles. The minimum absolute atomic E-state index is 0.0434. The fourth-order valence-corrected chi connectivity index (χ4v) is 7.13. The van der Waals surface area contributed by atoms with Gasteiger partial charge in [0.05, 0.1) is 24.1 Å². The minimum Gasteiger partial charge on any atom is -0.460 e. The van der Waals surface area contributed by atoms with Gasteiger partial charge in [0.25, 0.3) is 0 Å². The molecule has 0 N–H and O–H groups in total. The lowest BCUT2D eigenvalue weighted by molar-refractivity contribution is -0.172. The number of methoxy groups -OCH3 is 2. The molecule has 4 saturated carbocycles. The molecule has 0 unspecified atom stereocenters. The van der Waals surface area contributed by atoms with Crippen molar-refractivity contribution in [2.75, 3.05) is 40.8 Å². The fourth-order valence-electron chi connectivity index (χ4n) is 7.13. The maximum absolute atomic E-state index is 13.1. The molecule has 1 saturated heterocycles. The number of hydrogen-bond donors (Lipinski definition) is 0. The van der Waals surface area contributed by atoms with Crippen molar-refractivity contribution in [2.24, 2.45) is 23.2 Å². The van der Waals surface area contributed by atoms with E-state index in [1.54, 1.807) is 24.3 Å². The minimum atomic E-state index is -0.513. The van der Waals surface area contributed by atoms with Crippen LogP contribution in [0.4, 0.5) is 4.79 Å². The van der Waals surface area contributed by atoms with Gasteiger partial charge in [0.2, 0.25) is 0 Å². The van der Waals surface area contributed by atoms with Crippen molar-refractivity contribution in [3.05, 3.63) is 35.4 Å². The Morgan fingerprint density at radius 2 is 1.42 bits per heavy atom. The van der Waals surface area contributed by atoms with Crippen molar-refractivity contribution >= 4 is 18.0 Å². The molecule has 0 radical (unpaired) electrons. The highest BCUT2D eigenvalue weighted by molar-refractivity contribution is 5.89. The van der Waals surface area contributed by atoms with Crippen molar-refractivity contribution in [3.8, 4) is 0 Å². The van der Waals surface area contributed by atoms with Crippen LogP contribution < -0.4 is 0 Å². The summed E-state index contributed by atoms with van der Waals surface area (Å²) >= 11 is 0. The molecule has 1 aromatic carbocycles. The maximum atomic E-state index is 13.1. The summed E-state index contributed by atoms with van der Waals surface area (Å²) in [5.74, 6) is 1.57. The summed E-state index contributed by atoms with van der Waals surface area (Å²) in [7, 11) is 3.01. The number of rotatable bonds is 9. The highest BCUT2D eigenvalue weighted by Crippen LogP contribution is 2.60. The number of carbonyl (C=O) groups excluding carboxylic acids is 3. The van der Waals surface area contributed by atoms with Crippen molar-refractivity contribution in [3.63, 3.8) is 0 Å². The molecule has 196 valence electrons. The Hall–Kier alpha value is -2.65. The number of urea groups is 1. The smallest absolute Gasteiger partial charge is 0.338 e. The van der Waals surface area contributed by atoms with E-state index in [-0.39, 0.29) is 50.6 Å². The molecule has 0 spiro atoms. The van der Waals surface area contributed by atoms with Gasteiger partial charge in [0.1, 0.15) is 26.2 Å². The van der Waals surface area contributed by atoms with Gasteiger partial charge in [0.15, 0.2) is 0 Å². The zero-order valence-electron chi connectivity index (χ0n) is 21.1. The SMILES string of the molecule is COCN1CC(OC(=O)c2ccc(COC(=O)C34CC5CC(CC(C5)C3)C4)cc2)CN(COC)C1=O. The first-order chi connectivity index (χ1) is 17.4. The van der Waals surface area contributed by atoms with Gasteiger partial charge < -0.3 is 18.9 Å². The first-order valence-electron chi connectivity index (χ1n) is 12.9. The molecule has 4 bridgehead atoms. The quantitative estimate of drug-likeness (QED) is 0.480. The molecule has 0 aromatic heterocycles. The lowest BCUT2D eigenvalue weighted by atomic mass is 9.49. The van der Waals surface area contributed by atoms with E-state index in [2.05, 4.69) is 0 Å². The zero-order valence-corrected chi connectivity index (χ0v) is 21.1. The molecule has 1 aliphatic heterocycles. The Labute approximate surface area is 212 Å². The predicted molar refractivity (Wildman–Crippen MR) is 129 cm³/mol. The summed E-state index contributed by atoms with van der Waals surface area (Å²) in [6.07, 6.45) is 6.31. The van der Waals surface area contributed by atoms with Crippen LogP contribution in [0, 0.1) is 23.2 Å². The van der Waals surface area contributed by atoms with Crippen molar-refractivity contribution < 1.29 is 33.3 Å². The monoisotopic (exact) mass is 500 g/mol. The van der Waals surface area contributed by atoms with E-state index >= 15 is 0 Å². The fraction of sp³-hybridized carbons (Fsp3) is 0.667. The molecule has 9 heteroatoms. The molecule has 2 amide bonds. The molecular weight excluding hydrogens is 464 g/mol. The first-order valence-corrected chi connectivity index (χ1v) is 12.9. The molecule has 9 nitrogen and oxygen atoms in total. The van der Waals surface area contributed by atoms with Gasteiger partial charge in [-0.2, -0.15) is 0 Å². The Bertz CT molecular complexity index is 926. The number of amides is 2. The van der Waals surface area contributed by atoms with E-state index in [4.69, 9.17) is 18.9 Å². The summed E-state index contributed by atoms with van der Waals surface area (Å²) in [5.41, 5.74) is 0.970. The van der Waals surface area contributed by atoms with E-state index < -0.39 is 12.1 Å². The van der Waals surface area contributed by atoms with Gasteiger partial charge in [-0.3, -0.25) is 14.6 Å². The van der Waals surface area contributed by atoms with Gasteiger partial charge in [-0.05, 0) is 74.0 Å². The third-order valence-electron chi connectivity index (χ3n) is 8.26. The summed E-state index contributed by atoms with van der Waals surface area (Å²) in [6.45, 7) is 0.903. The second-order valence-electron chi connectivity index (χ2n) is 11.1. The van der Waals surface area contributed by atoms with Crippen LogP contribution in [0.1, 0.15) is 54.4 Å². The lowest BCUT2D eigenvalue weighted by Gasteiger charge is -2.55. The summed E-state index contributed by atoms with van der Waals surface area (Å²) < 4.78 is 21.7. The summed E-state index contributed by atoms with van der Waals surface area (Å²) in [6, 6.07) is 6.73. The largest absolute Gasteiger partial charge is 0.460 e. The van der Waals surface area contributed by atoms with Crippen LogP contribution in [0.5, 0.6) is 0 Å². The molecule has 36 heavy (non-hydrogen) atoms. The van der Waals surface area contributed by atoms with E-state index in [0.29, 0.717) is 23.3 Å². The van der Waals surface area contributed by atoms with Crippen LogP contribution in [-0.2, 0) is 30.3 Å². The summed E-state index contributed by atoms with van der Waals surface area (Å²) in [5, 5.41) is 0. The molecule has 1 aromatic rings. The normalized spacial score (nSPS) is 29.5. The predicted octanol–water partition coefficient (Wildman–Crippen LogP) is 3.42. The third kappa shape index (κ3) is 5.09. The number of esters is 2. The lowest BCUT2D eigenvalue weighted by Crippen LogP contribution is -2.57. The Balaban J connectivity index is 1.14. The highest BCUT2D eigenvalue weighted by Gasteiger charge is 2.55. The highest BCUT2D eigenvalue weighted by atomic mass is 16.5. The maximum Gasteiger partial charge on any atom is 0.338 e. The number of nitrogens with zero attached hydrogens (tertiary/aromatic N) is 2. The van der Waals surface area contributed by atoms with Gasteiger partial charge in [-0.25, -0.2) is 9.59 Å². The molecule has 1 heterocycles. The zero-order chi connectivity index (χ0) is 25.3. The van der Waals surface area contributed by atoms with Crippen LogP contribution in [0.3, 0.4) is 0 Å². The van der Waals surface area contributed by atoms with Crippen LogP contribution in [0.15, 0.2) is 24.3 Å². The molecular formula is C27H36N2O7. The van der Waals surface area contributed by atoms with Crippen molar-refractivity contribution in [2.45, 2.75) is 51.2 Å². The summed E-state index contributed by atoms with van der Waals surface area (Å²) in [4.78, 5) is 41.3. The van der Waals surface area contributed by atoms with E-state index in [0.717, 1.165) is 24.8 Å². The first kappa shape index (κ1) is 25.0. The van der Waals surface area contributed by atoms with Crippen molar-refractivity contribution in [1.29, 1.82) is 0 Å². The van der Waals surface area contributed by atoms with Gasteiger partial charge in [0, 0.05) is 14.2 Å². The average Bonchev–Trinajstić information content (AvgIpc) is 2.85. The Morgan fingerprint density at radius 3 is 1.92 bits per heavy atom. The van der Waals surface area contributed by atoms with Crippen molar-refractivity contribution in [1.82, 2.24) is 9.80 Å². The number of carbonyl (C=O) groups is 3. The molecule has 6 rings (SSSR count). The third-order valence-corrected chi connectivity index (χ3v) is 8.26. The van der Waals surface area contributed by atoms with Crippen LogP contribution in [0.25, 0.3) is 0 Å². The number of hydrogen-bond acceptors (Lipinski definition) is 7. The molecule has 5 fully saturated rings. The Kier molecular flexibility index (Phi) is 7.21. The van der Waals surface area contributed by atoms with Gasteiger partial charge >= 0.3 is 18.0 Å². The molecule has 0 atom stereocenters. The average molecular weight is 501 g/mol. The van der Waals surface area contributed by atoms with Crippen LogP contribution in [-0.4, -0.2) is 74.6 Å². The van der Waals surface area contributed by atoms with E-state index in [1.165, 1.54) is 43.3 Å². The van der Waals surface area contributed by atoms with Gasteiger partial charge in [-0.1, -0.05) is 12.1 Å². The van der Waals surface area contributed by atoms with E-state index in [9.17, 15) is 14.4 Å². The second kappa shape index (κ2) is 10.4. The standard InChI is InChI=1S/C27H36N2O7/c1-33-16-28-13-23(14-29(17-34-2)26(28)32)36-24(30)22-5-3-18(4-6-22)15-35-25(31)27-10-19-7-20(11-27)9-21(8-19)12-27/h3-6,19-21,23H,7-17H2,1-2H3. The topological polar surface area (TPSA) is 94.6 Å². The molecule has 5 aliphatic rings. The number of benzene rings is 1.